The van der Waals surface area contributed by atoms with Gasteiger partial charge in [0.05, 0.1) is 11.3 Å². The highest BCUT2D eigenvalue weighted by Crippen LogP contribution is 2.22. The highest BCUT2D eigenvalue weighted by atomic mass is 32.2. The van der Waals surface area contributed by atoms with Gasteiger partial charge in [-0.15, -0.1) is 11.3 Å². The fourth-order valence-corrected chi connectivity index (χ4v) is 4.52. The molecule has 0 atom stereocenters. The number of nitrogens with zero attached hydrogens (tertiary/aromatic N) is 2. The number of rotatable bonds is 6. The van der Waals surface area contributed by atoms with Gasteiger partial charge in [-0.3, -0.25) is 14.2 Å². The Bertz CT molecular complexity index is 1020. The first kappa shape index (κ1) is 19.6. The van der Waals surface area contributed by atoms with Crippen molar-refractivity contribution in [2.45, 2.75) is 39.4 Å². The number of carbonyl (C=O) groups is 1. The number of hydrogen-bond donors (Lipinski definition) is 1. The third-order valence-electron chi connectivity index (χ3n) is 3.92. The Labute approximate surface area is 166 Å². The van der Waals surface area contributed by atoms with Gasteiger partial charge in [0.25, 0.3) is 5.56 Å². The van der Waals surface area contributed by atoms with E-state index in [-0.39, 0.29) is 17.2 Å². The van der Waals surface area contributed by atoms with Crippen molar-refractivity contribution in [3.63, 3.8) is 0 Å². The number of anilines is 1. The Kier molecular flexibility index (Phi) is 6.01. The summed E-state index contributed by atoms with van der Waals surface area (Å²) >= 11 is 2.71. The molecule has 0 aliphatic rings. The normalized spacial score (nSPS) is 11.3. The predicted octanol–water partition coefficient (Wildman–Crippen LogP) is 4.46. The van der Waals surface area contributed by atoms with Crippen LogP contribution in [0.15, 0.2) is 39.6 Å². The first-order valence-corrected chi connectivity index (χ1v) is 10.7. The Morgan fingerprint density at radius 1 is 1.26 bits per heavy atom. The van der Waals surface area contributed by atoms with Crippen LogP contribution in [-0.2, 0) is 11.3 Å². The summed E-state index contributed by atoms with van der Waals surface area (Å²) in [6.45, 7) is 8.71. The van der Waals surface area contributed by atoms with Crippen molar-refractivity contribution in [3.8, 4) is 0 Å². The third kappa shape index (κ3) is 4.78. The molecule has 3 rings (SSSR count). The summed E-state index contributed by atoms with van der Waals surface area (Å²) < 4.78 is 2.36. The van der Waals surface area contributed by atoms with Gasteiger partial charge in [-0.1, -0.05) is 31.7 Å². The minimum absolute atomic E-state index is 0.0269. The number of amides is 1. The van der Waals surface area contributed by atoms with Gasteiger partial charge in [0.2, 0.25) is 5.91 Å². The average Bonchev–Trinajstić information content (AvgIpc) is 3.03. The Morgan fingerprint density at radius 3 is 2.63 bits per heavy atom. The lowest BCUT2D eigenvalue weighted by molar-refractivity contribution is -0.113. The first-order chi connectivity index (χ1) is 12.8. The van der Waals surface area contributed by atoms with Gasteiger partial charge < -0.3 is 5.32 Å². The minimum atomic E-state index is -0.110. The van der Waals surface area contributed by atoms with Crippen LogP contribution < -0.4 is 10.9 Å². The van der Waals surface area contributed by atoms with E-state index in [1.54, 1.807) is 4.57 Å². The number of thioether (sulfide) groups is 1. The van der Waals surface area contributed by atoms with Gasteiger partial charge in [-0.25, -0.2) is 4.98 Å². The topological polar surface area (TPSA) is 64.0 Å². The highest BCUT2D eigenvalue weighted by Gasteiger charge is 2.15. The van der Waals surface area contributed by atoms with Gasteiger partial charge >= 0.3 is 0 Å². The summed E-state index contributed by atoms with van der Waals surface area (Å²) in [5, 5.41) is 5.40. The van der Waals surface area contributed by atoms with E-state index in [4.69, 9.17) is 0 Å². The zero-order valence-corrected chi connectivity index (χ0v) is 17.5. The fourth-order valence-electron chi connectivity index (χ4n) is 2.93. The number of benzene rings is 1. The molecule has 1 aromatic carbocycles. The molecule has 27 heavy (non-hydrogen) atoms. The summed E-state index contributed by atoms with van der Waals surface area (Å²) in [7, 11) is 0. The van der Waals surface area contributed by atoms with E-state index in [1.807, 2.05) is 37.4 Å². The highest BCUT2D eigenvalue weighted by molar-refractivity contribution is 7.99. The number of hydrogen-bond acceptors (Lipinski definition) is 5. The van der Waals surface area contributed by atoms with Gasteiger partial charge in [0.1, 0.15) is 4.70 Å². The molecule has 0 bridgehead atoms. The van der Waals surface area contributed by atoms with Crippen molar-refractivity contribution in [3.05, 3.63) is 51.1 Å². The monoisotopic (exact) mass is 401 g/mol. The lowest BCUT2D eigenvalue weighted by Crippen LogP contribution is -2.25. The van der Waals surface area contributed by atoms with Crippen LogP contribution in [0.1, 0.15) is 25.0 Å². The molecular formula is C20H23N3O2S2. The van der Waals surface area contributed by atoms with Crippen LogP contribution >= 0.6 is 23.1 Å². The van der Waals surface area contributed by atoms with E-state index in [0.717, 1.165) is 16.8 Å². The number of aryl methyl sites for hydroxylation is 2. The summed E-state index contributed by atoms with van der Waals surface area (Å²) in [4.78, 5) is 29.8. The van der Waals surface area contributed by atoms with E-state index in [2.05, 4.69) is 30.2 Å². The fraction of sp³-hybridized carbons (Fsp3) is 0.350. The van der Waals surface area contributed by atoms with Crippen LogP contribution in [0.3, 0.4) is 0 Å². The third-order valence-corrected chi connectivity index (χ3v) is 5.78. The quantitative estimate of drug-likeness (QED) is 0.489. The molecule has 1 amide bonds. The lowest BCUT2D eigenvalue weighted by Gasteiger charge is -2.14. The molecule has 142 valence electrons. The number of fused-ring (bicyclic) bond motifs is 1. The first-order valence-electron chi connectivity index (χ1n) is 8.82. The smallest absolute Gasteiger partial charge is 0.272 e. The van der Waals surface area contributed by atoms with E-state index in [1.165, 1.54) is 23.1 Å². The molecule has 1 N–H and O–H groups in total. The van der Waals surface area contributed by atoms with Crippen molar-refractivity contribution in [1.82, 2.24) is 9.55 Å². The van der Waals surface area contributed by atoms with Crippen LogP contribution in [0.2, 0.25) is 0 Å². The molecule has 0 unspecified atom stereocenters. The van der Waals surface area contributed by atoms with Crippen LogP contribution in [0.25, 0.3) is 10.2 Å². The standard InChI is InChI=1S/C20H23N3O2S2/c1-12(2)10-23-19(25)18-16(5-6-26-18)22-20(23)27-11-17(24)21-15-8-13(3)7-14(4)9-15/h5-9,12H,10-11H2,1-4H3,(H,21,24). The zero-order chi connectivity index (χ0) is 19.6. The number of nitrogens with one attached hydrogen (secondary N) is 1. The van der Waals surface area contributed by atoms with Crippen molar-refractivity contribution in [2.75, 3.05) is 11.1 Å². The van der Waals surface area contributed by atoms with Crippen LogP contribution in [0.4, 0.5) is 5.69 Å². The summed E-state index contributed by atoms with van der Waals surface area (Å²) in [6.07, 6.45) is 0. The SMILES string of the molecule is Cc1cc(C)cc(NC(=O)CSc2nc3ccsc3c(=O)n2CC(C)C)c1. The van der Waals surface area contributed by atoms with Gasteiger partial charge in [-0.05, 0) is 54.5 Å². The van der Waals surface area contributed by atoms with E-state index in [0.29, 0.717) is 27.8 Å². The Morgan fingerprint density at radius 2 is 1.96 bits per heavy atom. The second kappa shape index (κ2) is 8.27. The van der Waals surface area contributed by atoms with Crippen molar-refractivity contribution in [1.29, 1.82) is 0 Å². The maximum absolute atomic E-state index is 12.8. The van der Waals surface area contributed by atoms with Crippen molar-refractivity contribution < 1.29 is 4.79 Å². The van der Waals surface area contributed by atoms with Gasteiger partial charge in [-0.2, -0.15) is 0 Å². The molecule has 3 aromatic rings. The molecule has 0 radical (unpaired) electrons. The van der Waals surface area contributed by atoms with E-state index >= 15 is 0 Å². The second-order valence-electron chi connectivity index (χ2n) is 7.05. The molecule has 0 saturated carbocycles. The molecule has 0 saturated heterocycles. The van der Waals surface area contributed by atoms with Crippen LogP contribution in [-0.4, -0.2) is 21.2 Å². The summed E-state index contributed by atoms with van der Waals surface area (Å²) in [5.74, 6) is 0.402. The Hall–Kier alpha value is -2.12. The molecule has 7 heteroatoms. The summed E-state index contributed by atoms with van der Waals surface area (Å²) in [6, 6.07) is 7.80. The van der Waals surface area contributed by atoms with E-state index < -0.39 is 0 Å². The number of carbonyl (C=O) groups excluding carboxylic acids is 1. The molecule has 2 heterocycles. The average molecular weight is 402 g/mol. The summed E-state index contributed by atoms with van der Waals surface area (Å²) in [5.41, 5.74) is 3.67. The lowest BCUT2D eigenvalue weighted by atomic mass is 10.1. The maximum Gasteiger partial charge on any atom is 0.272 e. The zero-order valence-electron chi connectivity index (χ0n) is 15.9. The van der Waals surface area contributed by atoms with Gasteiger partial charge in [0, 0.05) is 12.2 Å². The van der Waals surface area contributed by atoms with E-state index in [9.17, 15) is 9.59 Å². The Balaban J connectivity index is 1.79. The van der Waals surface area contributed by atoms with Crippen molar-refractivity contribution in [2.24, 2.45) is 5.92 Å². The molecule has 5 nitrogen and oxygen atoms in total. The number of aromatic nitrogens is 2. The molecular weight excluding hydrogens is 378 g/mol. The van der Waals surface area contributed by atoms with Crippen molar-refractivity contribution >= 4 is 44.9 Å². The second-order valence-corrected chi connectivity index (χ2v) is 8.91. The molecule has 0 aliphatic carbocycles. The van der Waals surface area contributed by atoms with Gasteiger partial charge in [0.15, 0.2) is 5.16 Å². The number of thiophene rings is 1. The molecule has 0 fully saturated rings. The van der Waals surface area contributed by atoms with Crippen LogP contribution in [0, 0.1) is 19.8 Å². The van der Waals surface area contributed by atoms with Crippen LogP contribution in [0.5, 0.6) is 0 Å². The minimum Gasteiger partial charge on any atom is -0.325 e. The molecule has 0 aliphatic heterocycles. The molecule has 2 aromatic heterocycles. The largest absolute Gasteiger partial charge is 0.325 e. The molecule has 0 spiro atoms. The maximum atomic E-state index is 12.8. The predicted molar refractivity (Wildman–Crippen MR) is 114 cm³/mol.